The summed E-state index contributed by atoms with van der Waals surface area (Å²) in [6.07, 6.45) is 8.60. The van der Waals surface area contributed by atoms with E-state index in [0.717, 1.165) is 72.6 Å². The maximum absolute atomic E-state index is 13.6. The van der Waals surface area contributed by atoms with Crippen molar-refractivity contribution < 1.29 is 23.0 Å². The van der Waals surface area contributed by atoms with Gasteiger partial charge in [0.1, 0.15) is 17.3 Å². The van der Waals surface area contributed by atoms with Gasteiger partial charge >= 0.3 is 10.0 Å². The molecule has 1 N–H and O–H groups in total. The van der Waals surface area contributed by atoms with Gasteiger partial charge in [-0.15, -0.1) is 0 Å². The second kappa shape index (κ2) is 10.5. The molecule has 36 heavy (non-hydrogen) atoms. The van der Waals surface area contributed by atoms with Crippen molar-refractivity contribution in [3.63, 3.8) is 0 Å². The second-order valence-electron chi connectivity index (χ2n) is 9.72. The van der Waals surface area contributed by atoms with Crippen molar-refractivity contribution in [1.29, 1.82) is 0 Å². The molecule has 2 aliphatic carbocycles. The summed E-state index contributed by atoms with van der Waals surface area (Å²) in [5.41, 5.74) is 1.35. The molecule has 0 aromatic heterocycles. The molecule has 0 radical (unpaired) electrons. The van der Waals surface area contributed by atoms with E-state index in [4.69, 9.17) is 9.47 Å². The van der Waals surface area contributed by atoms with Crippen molar-refractivity contribution in [1.82, 2.24) is 10.2 Å². The molecule has 1 heterocycles. The number of carbonyl (C=O) groups excluding carboxylic acids is 1. The van der Waals surface area contributed by atoms with Crippen LogP contribution >= 0.6 is 22.6 Å². The van der Waals surface area contributed by atoms with E-state index >= 15 is 0 Å². The van der Waals surface area contributed by atoms with Crippen molar-refractivity contribution in [2.45, 2.75) is 42.1 Å². The molecule has 1 saturated heterocycles. The van der Waals surface area contributed by atoms with Crippen molar-refractivity contribution in [2.24, 2.45) is 5.41 Å². The molecule has 1 saturated carbocycles. The van der Waals surface area contributed by atoms with Gasteiger partial charge in [-0.25, -0.2) is 4.79 Å². The quantitative estimate of drug-likeness (QED) is 0.279. The number of allylic oxidation sites excluding steroid dienone is 2. The Morgan fingerprint density at radius 3 is 2.61 bits per heavy atom. The first-order valence-corrected chi connectivity index (χ1v) is 13.4. The smallest absolute Gasteiger partial charge is 0.415 e. The monoisotopic (exact) mass is 606 g/mol. The van der Waals surface area contributed by atoms with Crippen LogP contribution in [0.4, 0.5) is 13.6 Å². The van der Waals surface area contributed by atoms with Gasteiger partial charge in [-0.1, -0.05) is 36.4 Å². The molecule has 2 aromatic rings. The average Bonchev–Trinajstić information content (AvgIpc) is 3.55. The first kappa shape index (κ1) is 25.2. The molecule has 5 rings (SSSR count). The maximum Gasteiger partial charge on any atom is 0.415 e. The zero-order valence-electron chi connectivity index (χ0n) is 19.9. The van der Waals surface area contributed by atoms with Gasteiger partial charge < -0.3 is 19.7 Å². The molecular weight excluding hydrogens is 577 g/mol. The lowest BCUT2D eigenvalue weighted by molar-refractivity contribution is 0.124. The zero-order chi connectivity index (χ0) is 25.2. The highest BCUT2D eigenvalue weighted by Gasteiger charge is 2.55. The zero-order valence-corrected chi connectivity index (χ0v) is 22.0. The highest BCUT2D eigenvalue weighted by atomic mass is 127. The number of benzene rings is 2. The Labute approximate surface area is 223 Å². The number of nitrogens with zero attached hydrogens (tertiary/aromatic N) is 1. The Kier molecular flexibility index (Phi) is 7.35. The standard InChI is InChI=1S/C28H29F2IN2O3/c29-28(30,31)21-7-5-11-24(17-21)35-23-10-4-6-20(16-23)19-32-25-18-27(25)12-14-33(15-13-27)26(34)36-22-8-2-1-3-9-22/h1-3,5-9,11,16-17,25,32H,4,10,12-15,18-19H2. The molecule has 2 fully saturated rings. The number of hydrogen-bond donors (Lipinski definition) is 1. The lowest BCUT2D eigenvalue weighted by Gasteiger charge is -2.32. The van der Waals surface area contributed by atoms with E-state index in [-0.39, 0.29) is 17.1 Å². The lowest BCUT2D eigenvalue weighted by Crippen LogP contribution is -2.42. The fourth-order valence-electron chi connectivity index (χ4n) is 5.05. The normalized spacial score (nSPS) is 21.0. The SMILES string of the molecule is O=C(Oc1ccccc1)N1CCC2(CC1)CC2NCC1=CCCC(Oc2cccc(C(F)(F)I)c2)=C1. The summed E-state index contributed by atoms with van der Waals surface area (Å²) in [5.74, 6) is 1.79. The molecule has 8 heteroatoms. The van der Waals surface area contributed by atoms with Crippen LogP contribution in [0.15, 0.2) is 78.1 Å². The number of para-hydroxylation sites is 1. The molecule has 0 bridgehead atoms. The summed E-state index contributed by atoms with van der Waals surface area (Å²) in [6, 6.07) is 15.7. The Morgan fingerprint density at radius 2 is 1.86 bits per heavy atom. The van der Waals surface area contributed by atoms with E-state index in [2.05, 4.69) is 11.4 Å². The highest BCUT2D eigenvalue weighted by molar-refractivity contribution is 14.1. The number of alkyl halides is 3. The predicted molar refractivity (Wildman–Crippen MR) is 142 cm³/mol. The molecular formula is C28H29F2IN2O3. The number of nitrogens with one attached hydrogen (secondary N) is 1. The van der Waals surface area contributed by atoms with Crippen LogP contribution in [0.3, 0.4) is 0 Å². The third-order valence-corrected chi connectivity index (χ3v) is 7.88. The van der Waals surface area contributed by atoms with Crippen LogP contribution in [0.1, 0.15) is 37.7 Å². The van der Waals surface area contributed by atoms with Crippen LogP contribution in [0.2, 0.25) is 0 Å². The molecule has 190 valence electrons. The molecule has 1 amide bonds. The summed E-state index contributed by atoms with van der Waals surface area (Å²) in [4.78, 5) is 14.3. The summed E-state index contributed by atoms with van der Waals surface area (Å²) < 4.78 is 35.8. The summed E-state index contributed by atoms with van der Waals surface area (Å²) in [6.45, 7) is 2.16. The van der Waals surface area contributed by atoms with Crippen LogP contribution in [0.25, 0.3) is 0 Å². The lowest BCUT2D eigenvalue weighted by atomic mass is 9.92. The minimum Gasteiger partial charge on any atom is -0.462 e. The van der Waals surface area contributed by atoms with Gasteiger partial charge in [-0.2, -0.15) is 8.78 Å². The van der Waals surface area contributed by atoms with Gasteiger partial charge in [-0.05, 0) is 67.0 Å². The number of hydrogen-bond acceptors (Lipinski definition) is 4. The Balaban J connectivity index is 1.09. The van der Waals surface area contributed by atoms with Crippen LogP contribution in [-0.2, 0) is 3.93 Å². The predicted octanol–water partition coefficient (Wildman–Crippen LogP) is 6.80. The number of amides is 1. The minimum absolute atomic E-state index is 0.0622. The second-order valence-corrected chi connectivity index (χ2v) is 11.1. The highest BCUT2D eigenvalue weighted by Crippen LogP contribution is 2.54. The third kappa shape index (κ3) is 6.08. The summed E-state index contributed by atoms with van der Waals surface area (Å²) in [5, 5.41) is 3.68. The molecule has 5 nitrogen and oxygen atoms in total. The fourth-order valence-corrected chi connectivity index (χ4v) is 5.38. The molecule has 1 spiro atoms. The van der Waals surface area contributed by atoms with E-state index in [1.807, 2.05) is 24.3 Å². The van der Waals surface area contributed by atoms with Crippen molar-refractivity contribution in [2.75, 3.05) is 19.6 Å². The van der Waals surface area contributed by atoms with Gasteiger partial charge in [0, 0.05) is 60.3 Å². The van der Waals surface area contributed by atoms with E-state index in [1.165, 1.54) is 12.1 Å². The van der Waals surface area contributed by atoms with Crippen molar-refractivity contribution >= 4 is 28.7 Å². The first-order chi connectivity index (χ1) is 17.3. The molecule has 3 aliphatic rings. The molecule has 1 aliphatic heterocycles. The van der Waals surface area contributed by atoms with E-state index < -0.39 is 3.93 Å². The van der Waals surface area contributed by atoms with Crippen LogP contribution < -0.4 is 14.8 Å². The van der Waals surface area contributed by atoms with Gasteiger partial charge in [0.05, 0.1) is 0 Å². The van der Waals surface area contributed by atoms with Gasteiger partial charge in [0.15, 0.2) is 0 Å². The number of piperidine rings is 1. The largest absolute Gasteiger partial charge is 0.462 e. The Bertz CT molecular complexity index is 1150. The van der Waals surface area contributed by atoms with Crippen molar-refractivity contribution in [3.8, 4) is 11.5 Å². The van der Waals surface area contributed by atoms with E-state index in [9.17, 15) is 13.6 Å². The van der Waals surface area contributed by atoms with Crippen LogP contribution in [0.5, 0.6) is 11.5 Å². The average molecular weight is 606 g/mol. The third-order valence-electron chi connectivity index (χ3n) is 7.26. The number of rotatable bonds is 7. The topological polar surface area (TPSA) is 50.8 Å². The maximum atomic E-state index is 13.6. The molecule has 1 atom stereocenters. The number of ether oxygens (including phenoxy) is 2. The molecule has 2 aromatic carbocycles. The Morgan fingerprint density at radius 1 is 1.11 bits per heavy atom. The number of halogens is 3. The number of carbonyl (C=O) groups is 1. The van der Waals surface area contributed by atoms with E-state index in [1.54, 1.807) is 29.2 Å². The fraction of sp³-hybridized carbons (Fsp3) is 0.393. The van der Waals surface area contributed by atoms with Gasteiger partial charge in [0.2, 0.25) is 0 Å². The summed E-state index contributed by atoms with van der Waals surface area (Å²) >= 11 is 1.13. The van der Waals surface area contributed by atoms with E-state index in [0.29, 0.717) is 30.6 Å². The van der Waals surface area contributed by atoms with Crippen LogP contribution in [0, 0.1) is 5.41 Å². The van der Waals surface area contributed by atoms with Crippen molar-refractivity contribution in [3.05, 3.63) is 83.6 Å². The minimum atomic E-state index is -2.92. The Hall–Kier alpha value is -2.46. The number of likely N-dealkylation sites (tertiary alicyclic amines) is 1. The summed E-state index contributed by atoms with van der Waals surface area (Å²) in [7, 11) is 0. The van der Waals surface area contributed by atoms with Gasteiger partial charge in [0.25, 0.3) is 0 Å². The first-order valence-electron chi connectivity index (χ1n) is 12.3. The van der Waals surface area contributed by atoms with Crippen LogP contribution in [-0.4, -0.2) is 36.7 Å². The van der Waals surface area contributed by atoms with Gasteiger partial charge in [-0.3, -0.25) is 0 Å². The molecule has 1 unspecified atom stereocenters.